The standard InChI is InChI=1S/C12H13NO4/c1-6(2)16-12-9-5-7(14)3-4-8(9)10(17-12)11(13)15/h3-6,14H,1-2H3,(H2,13,15). The van der Waals surface area contributed by atoms with Gasteiger partial charge in [0.1, 0.15) is 5.75 Å². The van der Waals surface area contributed by atoms with Gasteiger partial charge in [0.25, 0.3) is 11.9 Å². The number of hydrogen-bond acceptors (Lipinski definition) is 4. The fraction of sp³-hybridized carbons (Fsp3) is 0.250. The van der Waals surface area contributed by atoms with Crippen LogP contribution in [0.2, 0.25) is 0 Å². The minimum absolute atomic E-state index is 0.0376. The predicted molar refractivity (Wildman–Crippen MR) is 62.2 cm³/mol. The molecule has 90 valence electrons. The lowest BCUT2D eigenvalue weighted by Crippen LogP contribution is -2.10. The Bertz CT molecular complexity index is 571. The molecule has 0 saturated carbocycles. The molecule has 17 heavy (non-hydrogen) atoms. The first-order valence-electron chi connectivity index (χ1n) is 5.21. The Hall–Kier alpha value is -2.17. The van der Waals surface area contributed by atoms with Gasteiger partial charge in [-0.05, 0) is 32.0 Å². The number of fused-ring (bicyclic) bond motifs is 1. The van der Waals surface area contributed by atoms with E-state index in [0.717, 1.165) is 0 Å². The van der Waals surface area contributed by atoms with Crippen molar-refractivity contribution in [3.05, 3.63) is 24.0 Å². The summed E-state index contributed by atoms with van der Waals surface area (Å²) in [4.78, 5) is 11.2. The molecule has 5 nitrogen and oxygen atoms in total. The van der Waals surface area contributed by atoms with E-state index in [1.165, 1.54) is 12.1 Å². The maximum Gasteiger partial charge on any atom is 0.293 e. The molecule has 2 rings (SSSR count). The van der Waals surface area contributed by atoms with Crippen LogP contribution in [0.5, 0.6) is 11.7 Å². The van der Waals surface area contributed by atoms with Crippen LogP contribution >= 0.6 is 0 Å². The summed E-state index contributed by atoms with van der Waals surface area (Å²) in [5, 5.41) is 10.5. The maximum absolute atomic E-state index is 11.2. The second-order valence-electron chi connectivity index (χ2n) is 3.98. The van der Waals surface area contributed by atoms with Crippen molar-refractivity contribution in [2.45, 2.75) is 20.0 Å². The molecule has 1 aromatic carbocycles. The van der Waals surface area contributed by atoms with Gasteiger partial charge < -0.3 is 20.0 Å². The molecule has 5 heteroatoms. The molecule has 2 aromatic rings. The fourth-order valence-corrected chi connectivity index (χ4v) is 1.59. The van der Waals surface area contributed by atoms with Crippen molar-refractivity contribution in [3.8, 4) is 11.7 Å². The monoisotopic (exact) mass is 235 g/mol. The first kappa shape index (κ1) is 11.3. The van der Waals surface area contributed by atoms with Crippen LogP contribution in [-0.2, 0) is 0 Å². The number of ether oxygens (including phenoxy) is 1. The van der Waals surface area contributed by atoms with E-state index < -0.39 is 5.91 Å². The van der Waals surface area contributed by atoms with Crippen molar-refractivity contribution in [2.24, 2.45) is 5.73 Å². The number of rotatable bonds is 3. The van der Waals surface area contributed by atoms with Crippen molar-refractivity contribution >= 4 is 16.7 Å². The van der Waals surface area contributed by atoms with Gasteiger partial charge in [-0.15, -0.1) is 0 Å². The number of phenolic OH excluding ortho intramolecular Hbond substituents is 1. The Morgan fingerprint density at radius 2 is 2.12 bits per heavy atom. The average Bonchev–Trinajstić information content (AvgIpc) is 2.56. The highest BCUT2D eigenvalue weighted by Gasteiger charge is 2.19. The van der Waals surface area contributed by atoms with Crippen molar-refractivity contribution < 1.29 is 19.1 Å². The highest BCUT2D eigenvalue weighted by molar-refractivity contribution is 6.06. The van der Waals surface area contributed by atoms with Crippen LogP contribution in [-0.4, -0.2) is 17.1 Å². The largest absolute Gasteiger partial charge is 0.508 e. The second-order valence-corrected chi connectivity index (χ2v) is 3.98. The highest BCUT2D eigenvalue weighted by Crippen LogP contribution is 2.34. The van der Waals surface area contributed by atoms with Gasteiger partial charge in [-0.2, -0.15) is 0 Å². The van der Waals surface area contributed by atoms with Crippen molar-refractivity contribution in [3.63, 3.8) is 0 Å². The summed E-state index contributed by atoms with van der Waals surface area (Å²) in [5.41, 5.74) is 5.21. The predicted octanol–water partition coefficient (Wildman–Crippen LogP) is 2.02. The smallest absolute Gasteiger partial charge is 0.293 e. The number of primary amides is 1. The number of carbonyl (C=O) groups is 1. The molecule has 1 aromatic heterocycles. The fourth-order valence-electron chi connectivity index (χ4n) is 1.59. The van der Waals surface area contributed by atoms with Gasteiger partial charge in [0.05, 0.1) is 11.5 Å². The number of hydrogen-bond donors (Lipinski definition) is 2. The molecule has 0 atom stereocenters. The highest BCUT2D eigenvalue weighted by atomic mass is 16.6. The first-order valence-corrected chi connectivity index (χ1v) is 5.21. The van der Waals surface area contributed by atoms with E-state index in [1.807, 2.05) is 13.8 Å². The number of furan rings is 1. The van der Waals surface area contributed by atoms with Crippen molar-refractivity contribution in [2.75, 3.05) is 0 Å². The normalized spacial score (nSPS) is 11.0. The van der Waals surface area contributed by atoms with Crippen LogP contribution in [0.4, 0.5) is 0 Å². The molecule has 0 unspecified atom stereocenters. The molecule has 0 aliphatic heterocycles. The molecule has 1 amide bonds. The van der Waals surface area contributed by atoms with Gasteiger partial charge >= 0.3 is 0 Å². The Kier molecular flexibility index (Phi) is 2.67. The topological polar surface area (TPSA) is 85.7 Å². The molecule has 1 heterocycles. The Balaban J connectivity index is 2.66. The van der Waals surface area contributed by atoms with Gasteiger partial charge in [-0.25, -0.2) is 0 Å². The zero-order chi connectivity index (χ0) is 12.6. The average molecular weight is 235 g/mol. The molecule has 0 saturated heterocycles. The Morgan fingerprint density at radius 1 is 1.41 bits per heavy atom. The van der Waals surface area contributed by atoms with E-state index in [0.29, 0.717) is 10.8 Å². The third kappa shape index (κ3) is 2.04. The maximum atomic E-state index is 11.2. The van der Waals surface area contributed by atoms with Crippen molar-refractivity contribution in [1.29, 1.82) is 0 Å². The quantitative estimate of drug-likeness (QED) is 0.852. The summed E-state index contributed by atoms with van der Waals surface area (Å²) in [6.07, 6.45) is -0.104. The van der Waals surface area contributed by atoms with Crippen LogP contribution in [0, 0.1) is 0 Å². The lowest BCUT2D eigenvalue weighted by atomic mass is 10.1. The first-order chi connectivity index (χ1) is 7.99. The minimum atomic E-state index is -0.667. The van der Waals surface area contributed by atoms with Crippen LogP contribution in [0.25, 0.3) is 10.8 Å². The third-order valence-electron chi connectivity index (χ3n) is 2.23. The molecular weight excluding hydrogens is 222 g/mol. The lowest BCUT2D eigenvalue weighted by molar-refractivity contribution is 0.0961. The summed E-state index contributed by atoms with van der Waals surface area (Å²) < 4.78 is 10.7. The molecule has 3 N–H and O–H groups in total. The van der Waals surface area contributed by atoms with E-state index in [1.54, 1.807) is 6.07 Å². The third-order valence-corrected chi connectivity index (χ3v) is 2.23. The van der Waals surface area contributed by atoms with Gasteiger partial charge in [0, 0.05) is 5.39 Å². The molecule has 0 spiro atoms. The lowest BCUT2D eigenvalue weighted by Gasteiger charge is -2.05. The van der Waals surface area contributed by atoms with E-state index >= 15 is 0 Å². The number of carbonyl (C=O) groups excluding carboxylic acids is 1. The van der Waals surface area contributed by atoms with Crippen molar-refractivity contribution in [1.82, 2.24) is 0 Å². The van der Waals surface area contributed by atoms with E-state index in [9.17, 15) is 9.90 Å². The van der Waals surface area contributed by atoms with Crippen LogP contribution in [0.3, 0.4) is 0 Å². The minimum Gasteiger partial charge on any atom is -0.508 e. The summed E-state index contributed by atoms with van der Waals surface area (Å²) in [6, 6.07) is 4.51. The number of phenols is 1. The number of amides is 1. The van der Waals surface area contributed by atoms with E-state index in [2.05, 4.69) is 0 Å². The number of benzene rings is 1. The Labute approximate surface area is 97.8 Å². The summed E-state index contributed by atoms with van der Waals surface area (Å²) in [7, 11) is 0. The number of nitrogens with two attached hydrogens (primary N) is 1. The summed E-state index contributed by atoms with van der Waals surface area (Å²) >= 11 is 0. The molecule has 0 aliphatic carbocycles. The molecule has 0 radical (unpaired) electrons. The second kappa shape index (κ2) is 4.01. The van der Waals surface area contributed by atoms with Crippen LogP contribution < -0.4 is 10.5 Å². The molecule has 0 fully saturated rings. The van der Waals surface area contributed by atoms with E-state index in [-0.39, 0.29) is 23.6 Å². The zero-order valence-electron chi connectivity index (χ0n) is 9.56. The van der Waals surface area contributed by atoms with Gasteiger partial charge in [0.2, 0.25) is 5.76 Å². The van der Waals surface area contributed by atoms with Gasteiger partial charge in [-0.1, -0.05) is 0 Å². The molecule has 0 aliphatic rings. The molecule has 0 bridgehead atoms. The van der Waals surface area contributed by atoms with Crippen LogP contribution in [0.15, 0.2) is 22.6 Å². The number of aromatic hydroxyl groups is 1. The van der Waals surface area contributed by atoms with Crippen LogP contribution in [0.1, 0.15) is 24.4 Å². The summed E-state index contributed by atoms with van der Waals surface area (Å²) in [6.45, 7) is 3.67. The SMILES string of the molecule is CC(C)Oc1oc(C(N)=O)c2ccc(O)cc12. The zero-order valence-corrected chi connectivity index (χ0v) is 9.56. The Morgan fingerprint density at radius 3 is 2.71 bits per heavy atom. The molecular formula is C12H13NO4. The van der Waals surface area contributed by atoms with E-state index in [4.69, 9.17) is 14.9 Å². The van der Waals surface area contributed by atoms with Gasteiger partial charge in [-0.3, -0.25) is 4.79 Å². The van der Waals surface area contributed by atoms with Gasteiger partial charge in [0.15, 0.2) is 0 Å². The summed E-state index contributed by atoms with van der Waals surface area (Å²) in [5.74, 6) is -0.363.